The SMILES string of the molecule is CCO/N=C(\C(=O)N[C@@H]1C(=O)N2C(C(=O)O)=C(CN3C=CN4NC(Cl)=CC=C34)CS[C@@H]12)c1csc(N)n1. The van der Waals surface area contributed by atoms with Crippen LogP contribution in [0.4, 0.5) is 5.13 Å². The number of nitrogens with zero attached hydrogens (tertiary/aromatic N) is 5. The van der Waals surface area contributed by atoms with Gasteiger partial charge in [0, 0.05) is 30.1 Å². The van der Waals surface area contributed by atoms with E-state index in [0.717, 1.165) is 17.2 Å². The Morgan fingerprint density at radius 2 is 2.22 bits per heavy atom. The van der Waals surface area contributed by atoms with Crippen LogP contribution < -0.4 is 16.5 Å². The standard InChI is InChI=1S/C21H21ClN8O5S2/c1-2-35-27-14(11-9-37-21(23)24-11)17(31)25-15-18(32)30-16(20(33)34)10(8-36-19(15)30)7-28-5-6-29-13(28)4-3-12(22)26-29/h3-6,9,15,19,26H,2,7-8H2,1H3,(H2,23,24)(H,25,31)(H,33,34)/b27-14-/t15-,19+/m1/s1. The van der Waals surface area contributed by atoms with Crippen LogP contribution in [0.5, 0.6) is 0 Å². The van der Waals surface area contributed by atoms with Crippen LogP contribution in [0.1, 0.15) is 12.6 Å². The van der Waals surface area contributed by atoms with Gasteiger partial charge in [-0.1, -0.05) is 16.8 Å². The molecule has 0 bridgehead atoms. The lowest BCUT2D eigenvalue weighted by Crippen LogP contribution is -2.71. The minimum absolute atomic E-state index is 0.0838. The summed E-state index contributed by atoms with van der Waals surface area (Å²) in [6, 6.07) is -0.934. The quantitative estimate of drug-likeness (QED) is 0.152. The molecule has 5 heterocycles. The Hall–Kier alpha value is -3.69. The topological polar surface area (TPSA) is 166 Å². The summed E-state index contributed by atoms with van der Waals surface area (Å²) >= 11 is 8.51. The first-order valence-electron chi connectivity index (χ1n) is 11.0. The number of nitrogens with one attached hydrogen (secondary N) is 2. The number of hydrogen-bond donors (Lipinski definition) is 4. The summed E-state index contributed by atoms with van der Waals surface area (Å²) in [5.41, 5.74) is 9.23. The van der Waals surface area contributed by atoms with Crippen molar-refractivity contribution in [1.29, 1.82) is 0 Å². The fourth-order valence-corrected chi connectivity index (χ4v) is 6.13. The maximum atomic E-state index is 13.1. The van der Waals surface area contributed by atoms with Crippen LogP contribution in [0.15, 0.2) is 57.3 Å². The highest BCUT2D eigenvalue weighted by molar-refractivity contribution is 8.00. The fraction of sp³-hybridized carbons (Fsp3) is 0.286. The summed E-state index contributed by atoms with van der Waals surface area (Å²) in [6.07, 6.45) is 7.05. The zero-order chi connectivity index (χ0) is 26.3. The third kappa shape index (κ3) is 4.60. The number of amides is 2. The van der Waals surface area contributed by atoms with E-state index in [9.17, 15) is 19.5 Å². The van der Waals surface area contributed by atoms with Gasteiger partial charge in [-0.3, -0.25) is 19.9 Å². The summed E-state index contributed by atoms with van der Waals surface area (Å²) in [7, 11) is 0. The number of rotatable bonds is 8. The second kappa shape index (κ2) is 9.99. The number of carbonyl (C=O) groups excluding carboxylic acids is 2. The highest BCUT2D eigenvalue weighted by Gasteiger charge is 2.54. The lowest BCUT2D eigenvalue weighted by Gasteiger charge is -2.49. The number of anilines is 1. The van der Waals surface area contributed by atoms with Crippen LogP contribution in [-0.4, -0.2) is 78.7 Å². The van der Waals surface area contributed by atoms with E-state index in [1.807, 2.05) is 4.90 Å². The first kappa shape index (κ1) is 25.0. The van der Waals surface area contributed by atoms with E-state index in [-0.39, 0.29) is 35.4 Å². The molecule has 1 fully saturated rings. The van der Waals surface area contributed by atoms with Crippen molar-refractivity contribution in [3.8, 4) is 0 Å². The Balaban J connectivity index is 1.33. The molecule has 5 N–H and O–H groups in total. The number of nitrogens with two attached hydrogens (primary N) is 1. The fourth-order valence-electron chi connectivity index (χ4n) is 4.09. The van der Waals surface area contributed by atoms with Crippen molar-refractivity contribution in [2.75, 3.05) is 24.6 Å². The zero-order valence-corrected chi connectivity index (χ0v) is 21.6. The van der Waals surface area contributed by atoms with E-state index >= 15 is 0 Å². The monoisotopic (exact) mass is 564 g/mol. The van der Waals surface area contributed by atoms with E-state index in [2.05, 4.69) is 20.9 Å². The molecule has 0 radical (unpaired) electrons. The van der Waals surface area contributed by atoms with E-state index in [1.165, 1.54) is 16.7 Å². The third-order valence-electron chi connectivity index (χ3n) is 5.70. The molecule has 0 spiro atoms. The van der Waals surface area contributed by atoms with Gasteiger partial charge in [-0.25, -0.2) is 14.8 Å². The van der Waals surface area contributed by atoms with Gasteiger partial charge in [0.15, 0.2) is 10.8 Å². The Morgan fingerprint density at radius 1 is 1.41 bits per heavy atom. The molecule has 4 aliphatic heterocycles. The minimum Gasteiger partial charge on any atom is -0.477 e. The smallest absolute Gasteiger partial charge is 0.352 e. The predicted molar refractivity (Wildman–Crippen MR) is 137 cm³/mol. The van der Waals surface area contributed by atoms with Crippen molar-refractivity contribution in [2.24, 2.45) is 5.16 Å². The van der Waals surface area contributed by atoms with Crippen molar-refractivity contribution in [1.82, 2.24) is 30.5 Å². The molecular formula is C21H21ClN8O5S2. The largest absolute Gasteiger partial charge is 0.477 e. The summed E-state index contributed by atoms with van der Waals surface area (Å²) < 4.78 is 0. The molecule has 0 saturated carbocycles. The van der Waals surface area contributed by atoms with Crippen molar-refractivity contribution < 1.29 is 24.3 Å². The number of nitrogen functional groups attached to an aromatic ring is 1. The number of carbonyl (C=O) groups is 3. The maximum absolute atomic E-state index is 13.1. The molecule has 0 aromatic carbocycles. The molecule has 2 atom stereocenters. The average Bonchev–Trinajstić information content (AvgIpc) is 3.47. The first-order chi connectivity index (χ1) is 17.8. The Bertz CT molecular complexity index is 1320. The number of thiazole rings is 1. The highest BCUT2D eigenvalue weighted by Crippen LogP contribution is 2.41. The number of carboxylic acids is 1. The van der Waals surface area contributed by atoms with Crippen molar-refractivity contribution in [3.63, 3.8) is 0 Å². The van der Waals surface area contributed by atoms with Crippen molar-refractivity contribution >= 4 is 63.3 Å². The molecule has 1 aromatic heterocycles. The van der Waals surface area contributed by atoms with Gasteiger partial charge in [0.2, 0.25) is 0 Å². The van der Waals surface area contributed by atoms with E-state index in [0.29, 0.717) is 16.5 Å². The first-order valence-corrected chi connectivity index (χ1v) is 13.3. The van der Waals surface area contributed by atoms with Gasteiger partial charge in [0.1, 0.15) is 40.4 Å². The molecule has 0 unspecified atom stereocenters. The number of carboxylic acid groups (broad SMARTS) is 1. The van der Waals surface area contributed by atoms with E-state index in [1.54, 1.807) is 41.9 Å². The Kier molecular flexibility index (Phi) is 6.74. The molecule has 4 aliphatic rings. The summed E-state index contributed by atoms with van der Waals surface area (Å²) in [5.74, 6) is -1.30. The van der Waals surface area contributed by atoms with Gasteiger partial charge in [-0.05, 0) is 24.6 Å². The van der Waals surface area contributed by atoms with E-state index < -0.39 is 29.2 Å². The Morgan fingerprint density at radius 3 is 2.92 bits per heavy atom. The second-order valence-electron chi connectivity index (χ2n) is 7.99. The molecule has 16 heteroatoms. The molecule has 194 valence electrons. The molecule has 1 aromatic rings. The number of allylic oxidation sites excluding steroid dienone is 2. The van der Waals surface area contributed by atoms with Gasteiger partial charge in [-0.2, -0.15) is 0 Å². The number of aliphatic carboxylic acids is 1. The molecular weight excluding hydrogens is 544 g/mol. The molecule has 13 nitrogen and oxygen atoms in total. The molecule has 37 heavy (non-hydrogen) atoms. The number of β-lactam (4-membered cyclic amide) rings is 1. The normalized spacial score (nSPS) is 22.6. The van der Waals surface area contributed by atoms with Crippen LogP contribution in [0.2, 0.25) is 0 Å². The number of aromatic nitrogens is 1. The van der Waals surface area contributed by atoms with Crippen LogP contribution in [0.3, 0.4) is 0 Å². The summed E-state index contributed by atoms with van der Waals surface area (Å²) in [6.45, 7) is 2.19. The minimum atomic E-state index is -1.21. The number of fused-ring (bicyclic) bond motifs is 2. The zero-order valence-electron chi connectivity index (χ0n) is 19.3. The number of hydrazine groups is 1. The van der Waals surface area contributed by atoms with Crippen LogP contribution >= 0.6 is 34.7 Å². The number of hydrogen-bond acceptors (Lipinski definition) is 12. The van der Waals surface area contributed by atoms with Gasteiger partial charge in [-0.15, -0.1) is 23.1 Å². The van der Waals surface area contributed by atoms with Crippen molar-refractivity contribution in [3.05, 3.63) is 57.9 Å². The predicted octanol–water partition coefficient (Wildman–Crippen LogP) is 0.733. The molecule has 1 saturated heterocycles. The number of thioether (sulfide) groups is 1. The number of oxime groups is 1. The van der Waals surface area contributed by atoms with Crippen molar-refractivity contribution in [2.45, 2.75) is 18.3 Å². The van der Waals surface area contributed by atoms with Gasteiger partial charge < -0.3 is 25.9 Å². The van der Waals surface area contributed by atoms with Gasteiger partial charge >= 0.3 is 5.97 Å². The summed E-state index contributed by atoms with van der Waals surface area (Å²) in [5, 5.41) is 19.9. The molecule has 2 amide bonds. The summed E-state index contributed by atoms with van der Waals surface area (Å²) in [4.78, 5) is 50.5. The third-order valence-corrected chi connectivity index (χ3v) is 7.93. The van der Waals surface area contributed by atoms with Crippen LogP contribution in [-0.2, 0) is 19.2 Å². The van der Waals surface area contributed by atoms with Gasteiger partial charge in [0.05, 0.1) is 0 Å². The van der Waals surface area contributed by atoms with E-state index in [4.69, 9.17) is 22.2 Å². The average molecular weight is 565 g/mol. The van der Waals surface area contributed by atoms with Gasteiger partial charge in [0.25, 0.3) is 11.8 Å². The van der Waals surface area contributed by atoms with Crippen LogP contribution in [0.25, 0.3) is 0 Å². The highest BCUT2D eigenvalue weighted by atomic mass is 35.5. The maximum Gasteiger partial charge on any atom is 0.352 e. The lowest BCUT2D eigenvalue weighted by molar-refractivity contribution is -0.150. The Labute approximate surface area is 223 Å². The number of halogens is 1. The molecule has 5 rings (SSSR count). The van der Waals surface area contributed by atoms with Crippen LogP contribution in [0, 0.1) is 0 Å². The second-order valence-corrected chi connectivity index (χ2v) is 10.4. The lowest BCUT2D eigenvalue weighted by atomic mass is 10.0. The molecule has 0 aliphatic carbocycles.